The Morgan fingerprint density at radius 1 is 1.42 bits per heavy atom. The Labute approximate surface area is 79.6 Å². The van der Waals surface area contributed by atoms with Crippen molar-refractivity contribution in [3.8, 4) is 0 Å². The number of nitro groups is 1. The second-order valence-corrected chi connectivity index (χ2v) is 3.57. The van der Waals surface area contributed by atoms with Gasteiger partial charge in [0, 0.05) is 4.92 Å². The van der Waals surface area contributed by atoms with Crippen molar-refractivity contribution in [3.63, 3.8) is 0 Å². The van der Waals surface area contributed by atoms with Gasteiger partial charge in [0.05, 0.1) is 6.04 Å². The number of nitrogens with one attached hydrogen (secondary N) is 2. The van der Waals surface area contributed by atoms with Crippen LogP contribution in [0.1, 0.15) is 6.92 Å². The molecule has 0 radical (unpaired) electrons. The summed E-state index contributed by atoms with van der Waals surface area (Å²) in [5.41, 5.74) is -1.22. The standard InChI is InChI=1S/C5H9Cl2N3O2/c1-2-3(10(11)12)4(6)9-5(7)8-2/h2-5,8-9H,1H3. The first-order valence-corrected chi connectivity index (χ1v) is 4.33. The SMILES string of the molecule is CC1NC(Cl)NC(Cl)C1[N+](=O)[O-]. The van der Waals surface area contributed by atoms with Crippen molar-refractivity contribution in [1.82, 2.24) is 10.6 Å². The molecule has 0 aliphatic carbocycles. The van der Waals surface area contributed by atoms with Gasteiger partial charge in [-0.25, -0.2) is 0 Å². The van der Waals surface area contributed by atoms with Crippen LogP contribution < -0.4 is 10.6 Å². The van der Waals surface area contributed by atoms with E-state index in [4.69, 9.17) is 23.2 Å². The summed E-state index contributed by atoms with van der Waals surface area (Å²) < 4.78 is 0. The summed E-state index contributed by atoms with van der Waals surface area (Å²) in [6.45, 7) is 1.68. The van der Waals surface area contributed by atoms with Crippen molar-refractivity contribution in [1.29, 1.82) is 0 Å². The largest absolute Gasteiger partial charge is 0.280 e. The van der Waals surface area contributed by atoms with Gasteiger partial charge in [-0.3, -0.25) is 20.7 Å². The van der Waals surface area contributed by atoms with Gasteiger partial charge in [0.1, 0.15) is 5.62 Å². The Kier molecular flexibility index (Phi) is 3.11. The molecule has 0 aromatic heterocycles. The second-order valence-electron chi connectivity index (χ2n) is 2.66. The van der Waals surface area contributed by atoms with E-state index in [9.17, 15) is 10.1 Å². The summed E-state index contributed by atoms with van der Waals surface area (Å²) in [5, 5.41) is 15.9. The number of rotatable bonds is 1. The fraction of sp³-hybridized carbons (Fsp3) is 1.00. The molecule has 1 rings (SSSR count). The molecule has 4 unspecified atom stereocenters. The van der Waals surface area contributed by atoms with Crippen LogP contribution in [0.3, 0.4) is 0 Å². The second kappa shape index (κ2) is 3.74. The third-order valence-corrected chi connectivity index (χ3v) is 2.41. The molecule has 2 N–H and O–H groups in total. The molecular weight excluding hydrogens is 205 g/mol. The highest BCUT2D eigenvalue weighted by atomic mass is 35.5. The normalized spacial score (nSPS) is 42.6. The molecule has 1 aliphatic rings. The van der Waals surface area contributed by atoms with E-state index in [0.29, 0.717) is 0 Å². The Hall–Kier alpha value is -0.100. The van der Waals surface area contributed by atoms with Crippen LogP contribution >= 0.6 is 23.2 Å². The molecule has 1 aliphatic heterocycles. The highest BCUT2D eigenvalue weighted by Gasteiger charge is 2.41. The van der Waals surface area contributed by atoms with Gasteiger partial charge in [0.2, 0.25) is 0 Å². The number of alkyl halides is 2. The molecule has 4 atom stereocenters. The molecule has 1 fully saturated rings. The van der Waals surface area contributed by atoms with E-state index in [1.807, 2.05) is 0 Å². The molecule has 0 spiro atoms. The van der Waals surface area contributed by atoms with Gasteiger partial charge >= 0.3 is 0 Å². The van der Waals surface area contributed by atoms with E-state index in [2.05, 4.69) is 10.6 Å². The molecule has 0 aromatic carbocycles. The minimum absolute atomic E-state index is 0.328. The molecule has 1 saturated heterocycles. The van der Waals surface area contributed by atoms with Crippen molar-refractivity contribution in [3.05, 3.63) is 10.1 Å². The van der Waals surface area contributed by atoms with Crippen molar-refractivity contribution in [2.75, 3.05) is 0 Å². The Morgan fingerprint density at radius 3 is 2.42 bits per heavy atom. The van der Waals surface area contributed by atoms with Gasteiger partial charge in [-0.05, 0) is 6.92 Å². The first-order valence-electron chi connectivity index (χ1n) is 3.46. The lowest BCUT2D eigenvalue weighted by molar-refractivity contribution is -0.529. The molecule has 0 saturated carbocycles. The van der Waals surface area contributed by atoms with Crippen molar-refractivity contribution < 1.29 is 4.92 Å². The van der Waals surface area contributed by atoms with Crippen LogP contribution in [0.5, 0.6) is 0 Å². The van der Waals surface area contributed by atoms with E-state index >= 15 is 0 Å². The Morgan fingerprint density at radius 2 is 2.00 bits per heavy atom. The van der Waals surface area contributed by atoms with Gasteiger partial charge in [-0.15, -0.1) is 0 Å². The highest BCUT2D eigenvalue weighted by molar-refractivity contribution is 6.23. The molecular formula is C5H9Cl2N3O2. The van der Waals surface area contributed by atoms with Crippen LogP contribution in [-0.4, -0.2) is 28.1 Å². The first-order chi connectivity index (χ1) is 5.52. The summed E-state index contributed by atoms with van der Waals surface area (Å²) in [7, 11) is 0. The minimum Gasteiger partial charge on any atom is -0.280 e. The van der Waals surface area contributed by atoms with Crippen molar-refractivity contribution >= 4 is 23.2 Å². The number of hydrogen-bond acceptors (Lipinski definition) is 4. The predicted molar refractivity (Wildman–Crippen MR) is 45.8 cm³/mol. The summed E-state index contributed by atoms with van der Waals surface area (Å²) in [5.74, 6) is 0. The lowest BCUT2D eigenvalue weighted by Gasteiger charge is -2.31. The van der Waals surface area contributed by atoms with Crippen LogP contribution in [0.15, 0.2) is 0 Å². The maximum atomic E-state index is 10.5. The molecule has 12 heavy (non-hydrogen) atoms. The van der Waals surface area contributed by atoms with E-state index in [1.165, 1.54) is 0 Å². The topological polar surface area (TPSA) is 67.2 Å². The maximum absolute atomic E-state index is 10.5. The van der Waals surface area contributed by atoms with Crippen LogP contribution in [0.2, 0.25) is 0 Å². The van der Waals surface area contributed by atoms with Crippen LogP contribution in [-0.2, 0) is 0 Å². The highest BCUT2D eigenvalue weighted by Crippen LogP contribution is 2.14. The van der Waals surface area contributed by atoms with Gasteiger partial charge in [0.15, 0.2) is 5.50 Å². The quantitative estimate of drug-likeness (QED) is 0.285. The number of hydrogen-bond donors (Lipinski definition) is 2. The molecule has 0 aromatic rings. The number of nitrogens with zero attached hydrogens (tertiary/aromatic N) is 1. The zero-order valence-corrected chi connectivity index (χ0v) is 7.84. The van der Waals surface area contributed by atoms with Crippen molar-refractivity contribution in [2.45, 2.75) is 30.1 Å². The first kappa shape index (κ1) is 9.98. The zero-order valence-electron chi connectivity index (χ0n) is 6.33. The molecule has 0 amide bonds. The third kappa shape index (κ3) is 1.98. The summed E-state index contributed by atoms with van der Waals surface area (Å²) >= 11 is 11.3. The monoisotopic (exact) mass is 213 g/mol. The van der Waals surface area contributed by atoms with E-state index in [-0.39, 0.29) is 6.04 Å². The molecule has 5 nitrogen and oxygen atoms in total. The molecule has 0 bridgehead atoms. The number of halogens is 2. The molecule has 70 valence electrons. The summed E-state index contributed by atoms with van der Waals surface area (Å²) in [6.07, 6.45) is 0. The maximum Gasteiger partial charge on any atom is 0.256 e. The van der Waals surface area contributed by atoms with E-state index < -0.39 is 22.1 Å². The van der Waals surface area contributed by atoms with Gasteiger partial charge in [-0.1, -0.05) is 23.2 Å². The lowest BCUT2D eigenvalue weighted by atomic mass is 10.1. The Balaban J connectivity index is 2.66. The fourth-order valence-corrected chi connectivity index (χ4v) is 1.99. The van der Waals surface area contributed by atoms with Gasteiger partial charge in [0.25, 0.3) is 6.04 Å². The average Bonchev–Trinajstić information content (AvgIpc) is 1.82. The van der Waals surface area contributed by atoms with E-state index in [1.54, 1.807) is 6.92 Å². The Bertz CT molecular complexity index is 180. The van der Waals surface area contributed by atoms with Crippen molar-refractivity contribution in [2.24, 2.45) is 0 Å². The van der Waals surface area contributed by atoms with Crippen LogP contribution in [0, 0.1) is 10.1 Å². The average molecular weight is 214 g/mol. The smallest absolute Gasteiger partial charge is 0.256 e. The van der Waals surface area contributed by atoms with Crippen LogP contribution in [0.4, 0.5) is 0 Å². The predicted octanol–water partition coefficient (Wildman–Crippen LogP) is 0.300. The van der Waals surface area contributed by atoms with Gasteiger partial charge in [-0.2, -0.15) is 0 Å². The zero-order chi connectivity index (χ0) is 9.30. The lowest BCUT2D eigenvalue weighted by Crippen LogP contribution is -2.63. The molecule has 1 heterocycles. The van der Waals surface area contributed by atoms with Crippen LogP contribution in [0.25, 0.3) is 0 Å². The van der Waals surface area contributed by atoms with Gasteiger partial charge < -0.3 is 0 Å². The third-order valence-electron chi connectivity index (χ3n) is 1.77. The van der Waals surface area contributed by atoms with E-state index in [0.717, 1.165) is 0 Å². The fourth-order valence-electron chi connectivity index (χ4n) is 1.16. The summed E-state index contributed by atoms with van der Waals surface area (Å²) in [4.78, 5) is 10.1. The molecule has 7 heteroatoms. The summed E-state index contributed by atoms with van der Waals surface area (Å²) in [6, 6.07) is -1.17. The minimum atomic E-state index is -0.846.